The first-order valence-corrected chi connectivity index (χ1v) is 5.17. The van der Waals surface area contributed by atoms with Crippen LogP contribution >= 0.6 is 0 Å². The smallest absolute Gasteiger partial charge is 0.128 e. The monoisotopic (exact) mass is 194 g/mol. The molecule has 0 rings (SSSR count). The van der Waals surface area contributed by atoms with Crippen LogP contribution in [-0.4, -0.2) is 19.1 Å². The van der Waals surface area contributed by atoms with E-state index in [-0.39, 0.29) is 5.41 Å². The average Bonchev–Trinajstić information content (AvgIpc) is 2.17. The highest BCUT2D eigenvalue weighted by Crippen LogP contribution is 2.27. The lowest BCUT2D eigenvalue weighted by atomic mass is 9.83. The lowest BCUT2D eigenvalue weighted by molar-refractivity contribution is 0.429. The van der Waals surface area contributed by atoms with Gasteiger partial charge in [-0.3, -0.25) is 4.99 Å². The predicted molar refractivity (Wildman–Crippen MR) is 65.4 cm³/mol. The molecule has 0 aromatic rings. The lowest BCUT2D eigenvalue weighted by Crippen LogP contribution is -2.25. The number of allylic oxidation sites excluding steroid dienone is 1. The Morgan fingerprint density at radius 2 is 1.86 bits per heavy atom. The molecule has 0 saturated heterocycles. The maximum absolute atomic E-state index is 4.38. The predicted octanol–water partition coefficient (Wildman–Crippen LogP) is 3.49. The standard InChI is InChI=1S/C12H22N2/c1-7-12(5,8-2)11(13-6)14-9-10(3)4/h9H,3,7-8H2,1-2,4-6H3. The summed E-state index contributed by atoms with van der Waals surface area (Å²) in [5, 5.41) is 0. The van der Waals surface area contributed by atoms with E-state index in [1.807, 2.05) is 6.92 Å². The second kappa shape index (κ2) is 5.74. The summed E-state index contributed by atoms with van der Waals surface area (Å²) in [6.07, 6.45) is 3.90. The van der Waals surface area contributed by atoms with Crippen LogP contribution in [0.5, 0.6) is 0 Å². The van der Waals surface area contributed by atoms with Crippen LogP contribution in [0, 0.1) is 5.41 Å². The molecule has 0 radical (unpaired) electrons. The second-order valence-electron chi connectivity index (χ2n) is 3.92. The number of amidine groups is 1. The van der Waals surface area contributed by atoms with Crippen molar-refractivity contribution in [3.05, 3.63) is 12.2 Å². The number of hydrogen-bond acceptors (Lipinski definition) is 1. The first-order chi connectivity index (χ1) is 6.50. The van der Waals surface area contributed by atoms with Crippen LogP contribution in [0.25, 0.3) is 0 Å². The van der Waals surface area contributed by atoms with Gasteiger partial charge < -0.3 is 0 Å². The van der Waals surface area contributed by atoms with Crippen molar-refractivity contribution >= 4 is 12.1 Å². The fraction of sp³-hybridized carbons (Fsp3) is 0.667. The van der Waals surface area contributed by atoms with E-state index in [0.717, 1.165) is 24.3 Å². The van der Waals surface area contributed by atoms with E-state index in [1.54, 1.807) is 13.3 Å². The molecule has 0 fully saturated rings. The van der Waals surface area contributed by atoms with E-state index in [4.69, 9.17) is 0 Å². The molecule has 0 aromatic heterocycles. The molecule has 0 atom stereocenters. The van der Waals surface area contributed by atoms with Crippen molar-refractivity contribution < 1.29 is 0 Å². The first kappa shape index (κ1) is 13.1. The molecule has 14 heavy (non-hydrogen) atoms. The van der Waals surface area contributed by atoms with Gasteiger partial charge in [0.25, 0.3) is 0 Å². The van der Waals surface area contributed by atoms with E-state index < -0.39 is 0 Å². The summed E-state index contributed by atoms with van der Waals surface area (Å²) in [5.41, 5.74) is 1.06. The van der Waals surface area contributed by atoms with Gasteiger partial charge in [0, 0.05) is 18.7 Å². The molecule has 0 aliphatic heterocycles. The molecule has 0 heterocycles. The van der Waals surface area contributed by atoms with Gasteiger partial charge in [-0.2, -0.15) is 0 Å². The minimum atomic E-state index is 0.0979. The van der Waals surface area contributed by atoms with E-state index in [9.17, 15) is 0 Å². The highest BCUT2D eigenvalue weighted by atomic mass is 14.9. The molecule has 0 bridgehead atoms. The van der Waals surface area contributed by atoms with Gasteiger partial charge in [0.1, 0.15) is 5.84 Å². The van der Waals surface area contributed by atoms with Crippen LogP contribution in [0.15, 0.2) is 22.1 Å². The minimum absolute atomic E-state index is 0.0979. The SMILES string of the molecule is C=C(C)C=NC(=NC)C(C)(CC)CC. The average molecular weight is 194 g/mol. The summed E-state index contributed by atoms with van der Waals surface area (Å²) in [6.45, 7) is 12.3. The van der Waals surface area contributed by atoms with Crippen LogP contribution in [0.1, 0.15) is 40.5 Å². The fourth-order valence-corrected chi connectivity index (χ4v) is 1.22. The first-order valence-electron chi connectivity index (χ1n) is 5.17. The minimum Gasteiger partial charge on any atom is -0.273 e. The third-order valence-electron chi connectivity index (χ3n) is 2.72. The molecule has 0 spiro atoms. The Labute approximate surface area is 87.9 Å². The quantitative estimate of drug-likeness (QED) is 0.483. The van der Waals surface area contributed by atoms with E-state index in [2.05, 4.69) is 37.3 Å². The van der Waals surface area contributed by atoms with E-state index in [0.29, 0.717) is 0 Å². The van der Waals surface area contributed by atoms with Crippen molar-refractivity contribution in [2.45, 2.75) is 40.5 Å². The molecule has 0 saturated carbocycles. The van der Waals surface area contributed by atoms with Gasteiger partial charge in [-0.05, 0) is 25.3 Å². The number of nitrogens with zero attached hydrogens (tertiary/aromatic N) is 2. The zero-order chi connectivity index (χ0) is 11.2. The van der Waals surface area contributed by atoms with Crippen molar-refractivity contribution in [3.63, 3.8) is 0 Å². The van der Waals surface area contributed by atoms with Crippen molar-refractivity contribution in [2.24, 2.45) is 15.4 Å². The molecule has 0 unspecified atom stereocenters. The number of rotatable bonds is 4. The Bertz CT molecular complexity index is 245. The van der Waals surface area contributed by atoms with Gasteiger partial charge in [-0.1, -0.05) is 27.4 Å². The Morgan fingerprint density at radius 1 is 1.36 bits per heavy atom. The fourth-order valence-electron chi connectivity index (χ4n) is 1.22. The van der Waals surface area contributed by atoms with Crippen LogP contribution in [0.4, 0.5) is 0 Å². The van der Waals surface area contributed by atoms with Gasteiger partial charge >= 0.3 is 0 Å². The molecular weight excluding hydrogens is 172 g/mol. The third-order valence-corrected chi connectivity index (χ3v) is 2.72. The normalized spacial score (nSPS) is 13.6. The summed E-state index contributed by atoms with van der Waals surface area (Å²) in [5.74, 6) is 0.922. The Balaban J connectivity index is 4.81. The van der Waals surface area contributed by atoms with Crippen LogP contribution in [0.3, 0.4) is 0 Å². The molecule has 80 valence electrons. The maximum Gasteiger partial charge on any atom is 0.128 e. The van der Waals surface area contributed by atoms with E-state index in [1.165, 1.54) is 0 Å². The van der Waals surface area contributed by atoms with Crippen molar-refractivity contribution in [1.82, 2.24) is 0 Å². The number of aliphatic imine (C=N–C) groups is 2. The molecule has 0 aliphatic rings. The molecule has 2 heteroatoms. The second-order valence-corrected chi connectivity index (χ2v) is 3.92. The zero-order valence-corrected chi connectivity index (χ0v) is 10.1. The Hall–Kier alpha value is -0.920. The van der Waals surface area contributed by atoms with Crippen molar-refractivity contribution in [1.29, 1.82) is 0 Å². The van der Waals surface area contributed by atoms with E-state index >= 15 is 0 Å². The third kappa shape index (κ3) is 3.44. The molecule has 2 nitrogen and oxygen atoms in total. The van der Waals surface area contributed by atoms with Gasteiger partial charge in [0.2, 0.25) is 0 Å². The summed E-state index contributed by atoms with van der Waals surface area (Å²) < 4.78 is 0. The van der Waals surface area contributed by atoms with Gasteiger partial charge in [-0.15, -0.1) is 0 Å². The highest BCUT2D eigenvalue weighted by Gasteiger charge is 2.25. The highest BCUT2D eigenvalue weighted by molar-refractivity contribution is 5.97. The van der Waals surface area contributed by atoms with Gasteiger partial charge in [0.15, 0.2) is 0 Å². The summed E-state index contributed by atoms with van der Waals surface area (Å²) in [6, 6.07) is 0. The van der Waals surface area contributed by atoms with Crippen molar-refractivity contribution in [2.75, 3.05) is 7.05 Å². The van der Waals surface area contributed by atoms with Crippen molar-refractivity contribution in [3.8, 4) is 0 Å². The molecule has 0 aromatic carbocycles. The Kier molecular flexibility index (Phi) is 5.36. The summed E-state index contributed by atoms with van der Waals surface area (Å²) in [7, 11) is 1.80. The summed E-state index contributed by atoms with van der Waals surface area (Å²) >= 11 is 0. The topological polar surface area (TPSA) is 24.7 Å². The maximum atomic E-state index is 4.38. The zero-order valence-electron chi connectivity index (χ0n) is 10.1. The van der Waals surface area contributed by atoms with Gasteiger partial charge in [0.05, 0.1) is 0 Å². The molecular formula is C12H22N2. The Morgan fingerprint density at radius 3 is 2.14 bits per heavy atom. The van der Waals surface area contributed by atoms with Crippen LogP contribution < -0.4 is 0 Å². The number of hydrogen-bond donors (Lipinski definition) is 0. The molecule has 0 N–H and O–H groups in total. The van der Waals surface area contributed by atoms with Crippen LogP contribution in [0.2, 0.25) is 0 Å². The largest absolute Gasteiger partial charge is 0.273 e. The molecule has 0 aliphatic carbocycles. The summed E-state index contributed by atoms with van der Waals surface area (Å²) in [4.78, 5) is 8.63. The van der Waals surface area contributed by atoms with Crippen LogP contribution in [-0.2, 0) is 0 Å². The van der Waals surface area contributed by atoms with Gasteiger partial charge in [-0.25, -0.2) is 4.99 Å². The lowest BCUT2D eigenvalue weighted by Gasteiger charge is -2.25. The molecule has 0 amide bonds.